The Morgan fingerprint density at radius 3 is 2.21 bits per heavy atom. The van der Waals surface area contributed by atoms with Crippen LogP contribution in [0.4, 0.5) is 0 Å². The van der Waals surface area contributed by atoms with Crippen molar-refractivity contribution >= 4 is 17.7 Å². The molecule has 0 atom stereocenters. The van der Waals surface area contributed by atoms with E-state index in [1.54, 1.807) is 24.3 Å². The number of aliphatic carboxylic acids is 1. The summed E-state index contributed by atoms with van der Waals surface area (Å²) in [5, 5.41) is 18.1. The Balaban J connectivity index is 2.21. The van der Waals surface area contributed by atoms with E-state index in [0.29, 0.717) is 16.9 Å². The van der Waals surface area contributed by atoms with Crippen molar-refractivity contribution in [2.75, 3.05) is 0 Å². The van der Waals surface area contributed by atoms with E-state index in [1.165, 1.54) is 25.1 Å². The Bertz CT molecular complexity index is 794. The van der Waals surface area contributed by atoms with Gasteiger partial charge in [0.25, 0.3) is 0 Å². The van der Waals surface area contributed by atoms with Crippen molar-refractivity contribution in [1.29, 1.82) is 0 Å². The first-order chi connectivity index (χ1) is 11.4. The quantitative estimate of drug-likeness (QED) is 0.758. The molecule has 0 bridgehead atoms. The number of carbonyl (C=O) groups excluding carboxylic acids is 1. The number of Topliss-reactive ketones (excluding diaryl/α,β-unsaturated/α-hetero) is 1. The van der Waals surface area contributed by atoms with Crippen molar-refractivity contribution in [2.45, 2.75) is 20.0 Å². The molecule has 2 aromatic rings. The van der Waals surface area contributed by atoms with Crippen LogP contribution in [0.25, 0.3) is 0 Å². The molecule has 0 unspecified atom stereocenters. The highest BCUT2D eigenvalue weighted by molar-refractivity contribution is 6.05. The number of hydrogen-bond donors (Lipinski definition) is 2. The van der Waals surface area contributed by atoms with Crippen LogP contribution in [0.15, 0.2) is 42.5 Å². The number of benzene rings is 2. The molecule has 2 N–H and O–H groups in total. The van der Waals surface area contributed by atoms with E-state index in [9.17, 15) is 19.5 Å². The third-order valence-electron chi connectivity index (χ3n) is 3.46. The van der Waals surface area contributed by atoms with E-state index in [0.717, 1.165) is 0 Å². The molecule has 0 heterocycles. The molecule has 6 heteroatoms. The van der Waals surface area contributed by atoms with Gasteiger partial charge in [0, 0.05) is 5.56 Å². The lowest BCUT2D eigenvalue weighted by Gasteiger charge is -2.11. The first kappa shape index (κ1) is 17.2. The molecule has 0 aliphatic heterocycles. The zero-order chi connectivity index (χ0) is 17.7. The third-order valence-corrected chi connectivity index (χ3v) is 3.46. The van der Waals surface area contributed by atoms with E-state index < -0.39 is 11.9 Å². The van der Waals surface area contributed by atoms with Crippen molar-refractivity contribution in [1.82, 2.24) is 0 Å². The normalized spacial score (nSPS) is 10.2. The van der Waals surface area contributed by atoms with Crippen molar-refractivity contribution in [2.24, 2.45) is 0 Å². The maximum atomic E-state index is 11.4. The molecule has 0 aromatic heterocycles. The fourth-order valence-electron chi connectivity index (χ4n) is 2.29. The van der Waals surface area contributed by atoms with Gasteiger partial charge in [0.2, 0.25) is 0 Å². The predicted molar refractivity (Wildman–Crippen MR) is 85.5 cm³/mol. The van der Waals surface area contributed by atoms with Crippen molar-refractivity contribution in [3.63, 3.8) is 0 Å². The highest BCUT2D eigenvalue weighted by atomic mass is 16.5. The number of carboxylic acid groups (broad SMARTS) is 2. The number of ketones is 1. The SMILES string of the molecule is CC(=O)c1ccc(OCc2ccccc2CC(=O)O)cc1C(=O)O. The second-order valence-electron chi connectivity index (χ2n) is 5.20. The van der Waals surface area contributed by atoms with Crippen LogP contribution in [0, 0.1) is 0 Å². The average molecular weight is 328 g/mol. The van der Waals surface area contributed by atoms with Gasteiger partial charge in [0.15, 0.2) is 5.78 Å². The minimum absolute atomic E-state index is 0.0991. The molecule has 2 aromatic carbocycles. The minimum atomic E-state index is -1.21. The Labute approximate surface area is 138 Å². The standard InChI is InChI=1S/C18H16O6/c1-11(19)15-7-6-14(9-16(15)18(22)23)24-10-13-5-3-2-4-12(13)8-17(20)21/h2-7,9H,8,10H2,1H3,(H,20,21)(H,22,23). The largest absolute Gasteiger partial charge is 0.489 e. The predicted octanol–water partition coefficient (Wildman–Crippen LogP) is 2.79. The number of rotatable bonds is 7. The van der Waals surface area contributed by atoms with E-state index in [1.807, 2.05) is 0 Å². The average Bonchev–Trinajstić information content (AvgIpc) is 2.53. The fourth-order valence-corrected chi connectivity index (χ4v) is 2.29. The molecule has 0 spiro atoms. The van der Waals surface area contributed by atoms with Gasteiger partial charge >= 0.3 is 11.9 Å². The molecular formula is C18H16O6. The third kappa shape index (κ3) is 4.19. The smallest absolute Gasteiger partial charge is 0.336 e. The molecule has 0 saturated heterocycles. The molecule has 0 saturated carbocycles. The molecule has 0 amide bonds. The maximum Gasteiger partial charge on any atom is 0.336 e. The summed E-state index contributed by atoms with van der Waals surface area (Å²) in [6, 6.07) is 11.2. The van der Waals surface area contributed by atoms with Gasteiger partial charge < -0.3 is 14.9 Å². The van der Waals surface area contributed by atoms with Crippen molar-refractivity contribution in [3.05, 3.63) is 64.7 Å². The molecule has 124 valence electrons. The number of carbonyl (C=O) groups is 3. The summed E-state index contributed by atoms with van der Waals surface area (Å²) in [6.45, 7) is 1.40. The van der Waals surface area contributed by atoms with Gasteiger partial charge in [0.05, 0.1) is 12.0 Å². The van der Waals surface area contributed by atoms with Gasteiger partial charge in [0.1, 0.15) is 12.4 Å². The molecule has 0 radical (unpaired) electrons. The lowest BCUT2D eigenvalue weighted by atomic mass is 10.0. The van der Waals surface area contributed by atoms with E-state index in [-0.39, 0.29) is 29.9 Å². The van der Waals surface area contributed by atoms with Gasteiger partial charge in [-0.1, -0.05) is 24.3 Å². The zero-order valence-electron chi connectivity index (χ0n) is 13.0. The van der Waals surface area contributed by atoms with Crippen LogP contribution in [0.3, 0.4) is 0 Å². The first-order valence-corrected chi connectivity index (χ1v) is 7.18. The van der Waals surface area contributed by atoms with Crippen LogP contribution < -0.4 is 4.74 Å². The lowest BCUT2D eigenvalue weighted by molar-refractivity contribution is -0.136. The van der Waals surface area contributed by atoms with Gasteiger partial charge in [-0.25, -0.2) is 4.79 Å². The van der Waals surface area contributed by atoms with Crippen LogP contribution >= 0.6 is 0 Å². The Hall–Kier alpha value is -3.15. The van der Waals surface area contributed by atoms with Gasteiger partial charge in [-0.15, -0.1) is 0 Å². The van der Waals surface area contributed by atoms with Gasteiger partial charge in [-0.3, -0.25) is 9.59 Å². The fraction of sp³-hybridized carbons (Fsp3) is 0.167. The highest BCUT2D eigenvalue weighted by Gasteiger charge is 2.15. The molecular weight excluding hydrogens is 312 g/mol. The van der Waals surface area contributed by atoms with Crippen LogP contribution in [0.2, 0.25) is 0 Å². The molecule has 0 aliphatic rings. The summed E-state index contributed by atoms with van der Waals surface area (Å²) in [6.07, 6.45) is -0.122. The molecule has 0 fully saturated rings. The second kappa shape index (κ2) is 7.41. The Kier molecular flexibility index (Phi) is 5.31. The monoisotopic (exact) mass is 328 g/mol. The lowest BCUT2D eigenvalue weighted by Crippen LogP contribution is -2.08. The van der Waals surface area contributed by atoms with Crippen LogP contribution in [-0.4, -0.2) is 27.9 Å². The summed E-state index contributed by atoms with van der Waals surface area (Å²) in [7, 11) is 0. The molecule has 2 rings (SSSR count). The molecule has 6 nitrogen and oxygen atoms in total. The topological polar surface area (TPSA) is 101 Å². The second-order valence-corrected chi connectivity index (χ2v) is 5.20. The Morgan fingerprint density at radius 2 is 1.62 bits per heavy atom. The number of ether oxygens (including phenoxy) is 1. The first-order valence-electron chi connectivity index (χ1n) is 7.18. The summed E-state index contributed by atoms with van der Waals surface area (Å²) in [5.74, 6) is -2.20. The van der Waals surface area contributed by atoms with E-state index >= 15 is 0 Å². The van der Waals surface area contributed by atoms with E-state index in [4.69, 9.17) is 9.84 Å². The molecule has 24 heavy (non-hydrogen) atoms. The number of carboxylic acids is 2. The van der Waals surface area contributed by atoms with Crippen molar-refractivity contribution in [3.8, 4) is 5.75 Å². The Morgan fingerprint density at radius 1 is 0.958 bits per heavy atom. The maximum absolute atomic E-state index is 11.4. The highest BCUT2D eigenvalue weighted by Crippen LogP contribution is 2.21. The number of aromatic carboxylic acids is 1. The summed E-state index contributed by atoms with van der Waals surface area (Å²) >= 11 is 0. The van der Waals surface area contributed by atoms with Gasteiger partial charge in [-0.05, 0) is 36.2 Å². The minimum Gasteiger partial charge on any atom is -0.489 e. The van der Waals surface area contributed by atoms with E-state index in [2.05, 4.69) is 0 Å². The number of hydrogen-bond acceptors (Lipinski definition) is 4. The van der Waals surface area contributed by atoms with Crippen LogP contribution in [0.1, 0.15) is 38.8 Å². The summed E-state index contributed by atoms with van der Waals surface area (Å²) in [5.41, 5.74) is 1.32. The van der Waals surface area contributed by atoms with Crippen LogP contribution in [-0.2, 0) is 17.8 Å². The van der Waals surface area contributed by atoms with Crippen molar-refractivity contribution < 1.29 is 29.3 Å². The summed E-state index contributed by atoms with van der Waals surface area (Å²) < 4.78 is 5.57. The zero-order valence-corrected chi connectivity index (χ0v) is 13.0. The summed E-state index contributed by atoms with van der Waals surface area (Å²) in [4.78, 5) is 33.6. The van der Waals surface area contributed by atoms with Gasteiger partial charge in [-0.2, -0.15) is 0 Å². The van der Waals surface area contributed by atoms with Crippen LogP contribution in [0.5, 0.6) is 5.75 Å². The molecule has 0 aliphatic carbocycles.